The van der Waals surface area contributed by atoms with Crippen molar-refractivity contribution in [1.29, 1.82) is 0 Å². The largest absolute Gasteiger partial charge is 0.399 e. The van der Waals surface area contributed by atoms with E-state index in [2.05, 4.69) is 218 Å². The highest BCUT2D eigenvalue weighted by molar-refractivity contribution is 8.01. The Hall–Kier alpha value is -5.05. The van der Waals surface area contributed by atoms with Crippen LogP contribution in [0.5, 0.6) is 0 Å². The van der Waals surface area contributed by atoms with Crippen LogP contribution in [0.3, 0.4) is 0 Å². The first-order chi connectivity index (χ1) is 34.8. The molecule has 0 aromatic heterocycles. The summed E-state index contributed by atoms with van der Waals surface area (Å²) in [7, 11) is 0. The molecular weight excluding hydrogens is 1040 g/mol. The molecule has 0 aliphatic carbocycles. The van der Waals surface area contributed by atoms with Crippen molar-refractivity contribution in [1.82, 2.24) is 0 Å². The fourth-order valence-electron chi connectivity index (χ4n) is 6.90. The molecule has 0 atom stereocenters. The van der Waals surface area contributed by atoms with Gasteiger partial charge < -0.3 is 11.5 Å². The smallest absolute Gasteiger partial charge is 0.0314 e. The van der Waals surface area contributed by atoms with Crippen LogP contribution >= 0.6 is 106 Å². The zero-order valence-electron chi connectivity index (χ0n) is 37.9. The third-order valence-electron chi connectivity index (χ3n) is 10.5. The minimum Gasteiger partial charge on any atom is -0.399 e. The van der Waals surface area contributed by atoms with Crippen molar-refractivity contribution >= 4 is 117 Å². The van der Waals surface area contributed by atoms with Gasteiger partial charge in [0.1, 0.15) is 0 Å². The molecule has 10 rings (SSSR count). The number of hydrogen-bond acceptors (Lipinski definition) is 11. The van der Waals surface area contributed by atoms with Crippen molar-refractivity contribution in [3.05, 3.63) is 243 Å². The lowest BCUT2D eigenvalue weighted by atomic mass is 10.3. The zero-order valence-corrected chi connectivity index (χ0v) is 45.3. The number of anilines is 2. The lowest BCUT2D eigenvalue weighted by Gasteiger charge is -2.08. The summed E-state index contributed by atoms with van der Waals surface area (Å²) < 4.78 is 0. The molecule has 10 aromatic rings. The number of nitrogen functional groups attached to an aromatic ring is 2. The van der Waals surface area contributed by atoms with E-state index < -0.39 is 0 Å². The molecule has 0 spiro atoms. The molecule has 0 heterocycles. The Morgan fingerprint density at radius 2 is 0.197 bits per heavy atom. The molecule has 0 saturated heterocycles. The molecule has 0 radical (unpaired) electrons. The molecule has 0 unspecified atom stereocenters. The molecule has 0 bridgehead atoms. The SMILES string of the molecule is Nc1ccc(Sc2ccc(Sc3ccc(Sc4ccc(Sc5ccc(Sc6ccc(Sc7ccc(Sc8ccc(Sc9ccc(Sc%10ccc(N)cc%10)cc9)cc8)cc7)cc6)cc5)cc4)cc3)cc2)cc1. The summed E-state index contributed by atoms with van der Waals surface area (Å²) >= 11 is 16.0. The molecule has 0 aliphatic rings. The molecule has 10 aromatic carbocycles. The molecule has 0 saturated carbocycles. The van der Waals surface area contributed by atoms with E-state index in [-0.39, 0.29) is 0 Å². The quantitative estimate of drug-likeness (QED) is 0.0808. The first kappa shape index (κ1) is 49.5. The maximum atomic E-state index is 5.83. The Bertz CT molecular complexity index is 3040. The summed E-state index contributed by atoms with van der Waals surface area (Å²) in [6, 6.07) is 86.6. The first-order valence-corrected chi connectivity index (χ1v) is 29.8. The molecule has 348 valence electrons. The average molecular weight is 1080 g/mol. The maximum Gasteiger partial charge on any atom is 0.0314 e. The van der Waals surface area contributed by atoms with Crippen molar-refractivity contribution in [2.24, 2.45) is 0 Å². The van der Waals surface area contributed by atoms with E-state index in [0.29, 0.717) is 0 Å². The Morgan fingerprint density at radius 1 is 0.127 bits per heavy atom. The molecule has 0 fully saturated rings. The van der Waals surface area contributed by atoms with Gasteiger partial charge in [-0.1, -0.05) is 106 Å². The van der Waals surface area contributed by atoms with Crippen molar-refractivity contribution in [2.75, 3.05) is 11.5 Å². The predicted molar refractivity (Wildman–Crippen MR) is 310 cm³/mol. The normalized spacial score (nSPS) is 11.2. The van der Waals surface area contributed by atoms with E-state index in [1.165, 1.54) is 88.1 Å². The van der Waals surface area contributed by atoms with Gasteiger partial charge in [-0.2, -0.15) is 0 Å². The van der Waals surface area contributed by atoms with Gasteiger partial charge in [0, 0.05) is 99.5 Å². The molecule has 71 heavy (non-hydrogen) atoms. The zero-order chi connectivity index (χ0) is 48.2. The Kier molecular flexibility index (Phi) is 17.1. The second-order valence-electron chi connectivity index (χ2n) is 15.8. The number of nitrogens with two attached hydrogens (primary N) is 2. The van der Waals surface area contributed by atoms with Crippen LogP contribution < -0.4 is 11.5 Å². The first-order valence-electron chi connectivity index (χ1n) is 22.5. The number of rotatable bonds is 18. The van der Waals surface area contributed by atoms with Crippen LogP contribution in [0.15, 0.2) is 331 Å². The molecule has 0 aliphatic heterocycles. The number of hydrogen-bond donors (Lipinski definition) is 2. The minimum atomic E-state index is 0.786. The van der Waals surface area contributed by atoms with Gasteiger partial charge in [0.15, 0.2) is 0 Å². The fraction of sp³-hybridized carbons (Fsp3) is 0. The van der Waals surface area contributed by atoms with Crippen molar-refractivity contribution in [2.45, 2.75) is 88.1 Å². The van der Waals surface area contributed by atoms with Crippen LogP contribution in [0.1, 0.15) is 0 Å². The lowest BCUT2D eigenvalue weighted by Crippen LogP contribution is -1.82. The fourth-order valence-corrected chi connectivity index (χ4v) is 14.3. The van der Waals surface area contributed by atoms with E-state index in [1.54, 1.807) is 106 Å². The summed E-state index contributed by atoms with van der Waals surface area (Å²) in [5.74, 6) is 0. The Labute approximate surface area is 455 Å². The Morgan fingerprint density at radius 3 is 0.282 bits per heavy atom. The summed E-state index contributed by atoms with van der Waals surface area (Å²) in [6.07, 6.45) is 0. The highest BCUT2D eigenvalue weighted by atomic mass is 32.2. The summed E-state index contributed by atoms with van der Waals surface area (Å²) in [6.45, 7) is 0. The standard InChI is InChI=1S/C60H44N2S9/c61-41-1-5-43(6-2-41)63-45-9-13-47(14-10-45)65-49-17-21-51(22-18-49)67-53-25-29-55(30-26-53)69-57-33-37-59(38-34-57)71-60-39-35-58(36-40-60)70-56-31-27-54(28-32-56)68-52-23-19-50(20-24-52)66-48-15-11-46(12-16-48)64-44-7-3-42(62)4-8-44/h1-40H,61-62H2. The van der Waals surface area contributed by atoms with Crippen LogP contribution in [0.25, 0.3) is 0 Å². The second-order valence-corrected chi connectivity index (χ2v) is 26.2. The maximum absolute atomic E-state index is 5.83. The van der Waals surface area contributed by atoms with E-state index in [0.717, 1.165) is 11.4 Å². The van der Waals surface area contributed by atoms with E-state index in [9.17, 15) is 0 Å². The monoisotopic (exact) mass is 1080 g/mol. The van der Waals surface area contributed by atoms with E-state index in [1.807, 2.05) is 24.3 Å². The Balaban J connectivity index is 0.638. The third-order valence-corrected chi connectivity index (χ3v) is 19.6. The van der Waals surface area contributed by atoms with Gasteiger partial charge >= 0.3 is 0 Å². The van der Waals surface area contributed by atoms with Crippen molar-refractivity contribution in [3.8, 4) is 0 Å². The van der Waals surface area contributed by atoms with Crippen LogP contribution in [0, 0.1) is 0 Å². The summed E-state index contributed by atoms with van der Waals surface area (Å²) in [5.41, 5.74) is 13.2. The van der Waals surface area contributed by atoms with Gasteiger partial charge in [-0.25, -0.2) is 0 Å². The average Bonchev–Trinajstić information content (AvgIpc) is 3.40. The van der Waals surface area contributed by atoms with Gasteiger partial charge in [0.25, 0.3) is 0 Å². The number of benzene rings is 10. The van der Waals surface area contributed by atoms with Crippen molar-refractivity contribution < 1.29 is 0 Å². The van der Waals surface area contributed by atoms with Gasteiger partial charge in [-0.3, -0.25) is 0 Å². The summed E-state index contributed by atoms with van der Waals surface area (Å²) in [4.78, 5) is 22.0. The van der Waals surface area contributed by atoms with Gasteiger partial charge in [-0.15, -0.1) is 0 Å². The lowest BCUT2D eigenvalue weighted by molar-refractivity contribution is 1.29. The van der Waals surface area contributed by atoms with Gasteiger partial charge in [-0.05, 0) is 243 Å². The van der Waals surface area contributed by atoms with E-state index >= 15 is 0 Å². The molecule has 2 nitrogen and oxygen atoms in total. The summed E-state index contributed by atoms with van der Waals surface area (Å²) in [5, 5.41) is 0. The van der Waals surface area contributed by atoms with Gasteiger partial charge in [0.05, 0.1) is 0 Å². The molecule has 11 heteroatoms. The highest BCUT2D eigenvalue weighted by Crippen LogP contribution is 2.40. The molecular formula is C60H44N2S9. The predicted octanol–water partition coefficient (Wildman–Crippen LogP) is 20.2. The van der Waals surface area contributed by atoms with E-state index in [4.69, 9.17) is 11.5 Å². The molecule has 0 amide bonds. The highest BCUT2D eigenvalue weighted by Gasteiger charge is 2.08. The van der Waals surface area contributed by atoms with Crippen LogP contribution in [-0.4, -0.2) is 0 Å². The van der Waals surface area contributed by atoms with Gasteiger partial charge in [0.2, 0.25) is 0 Å². The topological polar surface area (TPSA) is 52.0 Å². The third kappa shape index (κ3) is 15.0. The van der Waals surface area contributed by atoms with Crippen LogP contribution in [0.2, 0.25) is 0 Å². The van der Waals surface area contributed by atoms with Crippen LogP contribution in [-0.2, 0) is 0 Å². The second kappa shape index (κ2) is 24.6. The van der Waals surface area contributed by atoms with Crippen molar-refractivity contribution in [3.63, 3.8) is 0 Å². The van der Waals surface area contributed by atoms with Crippen LogP contribution in [0.4, 0.5) is 11.4 Å². The minimum absolute atomic E-state index is 0.786. The molecule has 4 N–H and O–H groups in total.